The zero-order chi connectivity index (χ0) is 20.1. The second-order valence-corrected chi connectivity index (χ2v) is 9.79. The second-order valence-electron chi connectivity index (χ2n) is 9.79. The molecule has 4 rings (SSSR count). The van der Waals surface area contributed by atoms with Crippen LogP contribution in [0.4, 0.5) is 0 Å². The van der Waals surface area contributed by atoms with Gasteiger partial charge in [-0.3, -0.25) is 0 Å². The van der Waals surface area contributed by atoms with Gasteiger partial charge in [-0.05, 0) is 18.3 Å². The van der Waals surface area contributed by atoms with E-state index in [4.69, 9.17) is 0 Å². The number of fused-ring (bicyclic) bond motifs is 2. The van der Waals surface area contributed by atoms with Crippen LogP contribution in [0.2, 0.25) is 0 Å². The van der Waals surface area contributed by atoms with E-state index in [0.717, 1.165) is 0 Å². The molecule has 0 radical (unpaired) electrons. The van der Waals surface area contributed by atoms with E-state index in [2.05, 4.69) is 86.6 Å². The molecule has 0 saturated carbocycles. The van der Waals surface area contributed by atoms with Crippen molar-refractivity contribution in [3.05, 3.63) is 83.6 Å². The summed E-state index contributed by atoms with van der Waals surface area (Å²) >= 11 is 0. The molecule has 1 aliphatic rings. The molecular formula is C29H42Hf. The minimum atomic E-state index is 0. The molecule has 0 saturated heterocycles. The van der Waals surface area contributed by atoms with Gasteiger partial charge in [0.05, 0.1) is 0 Å². The Morgan fingerprint density at radius 1 is 0.867 bits per heavy atom. The van der Waals surface area contributed by atoms with Crippen LogP contribution in [0.5, 0.6) is 0 Å². The summed E-state index contributed by atoms with van der Waals surface area (Å²) in [5.41, 5.74) is 12.5. The Kier molecular flexibility index (Phi) is 10.2. The van der Waals surface area contributed by atoms with E-state index in [0.29, 0.717) is 11.3 Å². The summed E-state index contributed by atoms with van der Waals surface area (Å²) in [5, 5.41) is 2.92. The van der Waals surface area contributed by atoms with Gasteiger partial charge < -0.3 is 14.9 Å². The van der Waals surface area contributed by atoms with E-state index in [1.807, 2.05) is 0 Å². The molecule has 0 unspecified atom stereocenters. The average Bonchev–Trinajstić information content (AvgIpc) is 3.18. The predicted molar refractivity (Wildman–Crippen MR) is 133 cm³/mol. The Hall–Kier alpha value is -0.950. The Balaban J connectivity index is 0.000000569. The van der Waals surface area contributed by atoms with Gasteiger partial charge in [0.25, 0.3) is 0 Å². The Labute approximate surface area is 206 Å². The van der Waals surface area contributed by atoms with Crippen LogP contribution in [0.1, 0.15) is 78.1 Å². The van der Waals surface area contributed by atoms with Gasteiger partial charge in [-0.1, -0.05) is 79.4 Å². The summed E-state index contributed by atoms with van der Waals surface area (Å²) in [7, 11) is 0. The Morgan fingerprint density at radius 2 is 1.33 bits per heavy atom. The van der Waals surface area contributed by atoms with Crippen molar-refractivity contribution >= 4 is 10.8 Å². The summed E-state index contributed by atoms with van der Waals surface area (Å²) in [6, 6.07) is 9.46. The maximum absolute atomic E-state index is 2.45. The molecule has 0 aliphatic heterocycles. The molecule has 162 valence electrons. The van der Waals surface area contributed by atoms with Crippen molar-refractivity contribution in [3.63, 3.8) is 0 Å². The van der Waals surface area contributed by atoms with Gasteiger partial charge in [-0.15, -0.1) is 34.5 Å². The van der Waals surface area contributed by atoms with E-state index < -0.39 is 0 Å². The molecule has 0 bridgehead atoms. The van der Waals surface area contributed by atoms with Crippen molar-refractivity contribution in [1.29, 1.82) is 0 Å². The number of hydrogen-bond donors (Lipinski definition) is 0. The first-order valence-electron chi connectivity index (χ1n) is 10.4. The molecule has 0 spiro atoms. The summed E-state index contributed by atoms with van der Waals surface area (Å²) in [5.74, 6) is 0.625. The van der Waals surface area contributed by atoms with E-state index >= 15 is 0 Å². The molecule has 0 atom stereocenters. The third-order valence-corrected chi connectivity index (χ3v) is 6.90. The van der Waals surface area contributed by atoms with Crippen molar-refractivity contribution in [1.82, 2.24) is 0 Å². The summed E-state index contributed by atoms with van der Waals surface area (Å²) in [6.45, 7) is 20.3. The Morgan fingerprint density at radius 3 is 1.73 bits per heavy atom. The predicted octanol–water partition coefficient (Wildman–Crippen LogP) is 8.65. The number of rotatable bonds is 1. The largest absolute Gasteiger partial charge is 4.00 e. The molecule has 30 heavy (non-hydrogen) atoms. The molecule has 0 aromatic heterocycles. The van der Waals surface area contributed by atoms with Crippen LogP contribution in [-0.4, -0.2) is 0 Å². The molecule has 1 heteroatoms. The zero-order valence-corrected chi connectivity index (χ0v) is 24.9. The van der Waals surface area contributed by atoms with Crippen LogP contribution in [0.3, 0.4) is 0 Å². The van der Waals surface area contributed by atoms with Crippen LogP contribution in [0, 0.1) is 54.9 Å². The standard InChI is InChI=1S/C17H21.C10H15.2CH3.Hf/c1-11(2)15-6-5-12-7-13-9-17(3,4)10-14(13)8-16(12)15;1-6-7(2)9(4)10(5)8(6)3;;;/h5-8,11H,9-10H2,1-4H3;1-5H3;2*1H3;/q4*-1;+4. The molecule has 0 nitrogen and oxygen atoms in total. The van der Waals surface area contributed by atoms with Gasteiger partial charge in [-0.2, -0.15) is 33.9 Å². The van der Waals surface area contributed by atoms with E-state index in [-0.39, 0.29) is 40.7 Å². The molecule has 0 fully saturated rings. The van der Waals surface area contributed by atoms with Gasteiger partial charge in [-0.25, -0.2) is 0 Å². The number of hydrogen-bond acceptors (Lipinski definition) is 0. The molecule has 3 aromatic rings. The maximum Gasteiger partial charge on any atom is 4.00 e. The smallest absolute Gasteiger partial charge is 0.358 e. The van der Waals surface area contributed by atoms with Crippen molar-refractivity contribution in [2.24, 2.45) is 5.41 Å². The van der Waals surface area contributed by atoms with Gasteiger partial charge in [0.1, 0.15) is 0 Å². The monoisotopic (exact) mass is 570 g/mol. The first kappa shape index (κ1) is 29.1. The third-order valence-electron chi connectivity index (χ3n) is 6.90. The van der Waals surface area contributed by atoms with Crippen molar-refractivity contribution in [2.75, 3.05) is 0 Å². The third kappa shape index (κ3) is 5.45. The second kappa shape index (κ2) is 10.6. The SMILES string of the molecule is CC(C)[c-]1ccc2cc3c(cc21)CC(C)(C)C3.Cc1c(C)c(C)[c-](C)c1C.[CH3-].[CH3-].[Hf+4]. The number of benzene rings is 1. The average molecular weight is 569 g/mol. The topological polar surface area (TPSA) is 0 Å². The molecular weight excluding hydrogens is 527 g/mol. The van der Waals surface area contributed by atoms with Crippen LogP contribution >= 0.6 is 0 Å². The first-order chi connectivity index (χ1) is 12.5. The molecule has 3 aromatic carbocycles. The Bertz CT molecular complexity index is 896. The first-order valence-corrected chi connectivity index (χ1v) is 10.4. The van der Waals surface area contributed by atoms with Crippen molar-refractivity contribution in [3.8, 4) is 0 Å². The normalized spacial score (nSPS) is 13.7. The van der Waals surface area contributed by atoms with E-state index in [9.17, 15) is 0 Å². The van der Waals surface area contributed by atoms with E-state index in [1.54, 1.807) is 11.1 Å². The zero-order valence-electron chi connectivity index (χ0n) is 21.3. The van der Waals surface area contributed by atoms with Crippen LogP contribution < -0.4 is 0 Å². The van der Waals surface area contributed by atoms with Gasteiger partial charge >= 0.3 is 25.8 Å². The molecule has 0 heterocycles. The quantitative estimate of drug-likeness (QED) is 0.203. The minimum absolute atomic E-state index is 0. The fourth-order valence-corrected chi connectivity index (χ4v) is 4.70. The fourth-order valence-electron chi connectivity index (χ4n) is 4.70. The van der Waals surface area contributed by atoms with Crippen LogP contribution in [0.15, 0.2) is 24.3 Å². The fraction of sp³-hybridized carbons (Fsp3) is 0.448. The summed E-state index contributed by atoms with van der Waals surface area (Å²) in [6.07, 6.45) is 2.47. The maximum atomic E-state index is 2.45. The van der Waals surface area contributed by atoms with Gasteiger partial charge in [0.2, 0.25) is 0 Å². The molecule has 0 N–H and O–H groups in total. The molecule has 1 aliphatic carbocycles. The van der Waals surface area contributed by atoms with Crippen LogP contribution in [0.25, 0.3) is 10.8 Å². The van der Waals surface area contributed by atoms with Gasteiger partial charge in [0.15, 0.2) is 0 Å². The van der Waals surface area contributed by atoms with Crippen molar-refractivity contribution in [2.45, 2.75) is 81.1 Å². The summed E-state index contributed by atoms with van der Waals surface area (Å²) < 4.78 is 0. The van der Waals surface area contributed by atoms with Crippen LogP contribution in [-0.2, 0) is 38.7 Å². The molecule has 0 amide bonds. The minimum Gasteiger partial charge on any atom is -0.358 e. The van der Waals surface area contributed by atoms with Crippen molar-refractivity contribution < 1.29 is 25.8 Å². The van der Waals surface area contributed by atoms with E-state index in [1.165, 1.54) is 57.0 Å². The van der Waals surface area contributed by atoms with Gasteiger partial charge in [0, 0.05) is 0 Å². The summed E-state index contributed by atoms with van der Waals surface area (Å²) in [4.78, 5) is 0.